The predicted molar refractivity (Wildman–Crippen MR) is 65.7 cm³/mol. The molecule has 0 atom stereocenters. The van der Waals surface area contributed by atoms with Crippen molar-refractivity contribution in [1.29, 1.82) is 0 Å². The fraction of sp³-hybridized carbons (Fsp3) is 0.0909. The van der Waals surface area contributed by atoms with Crippen LogP contribution in [0.3, 0.4) is 0 Å². The highest BCUT2D eigenvalue weighted by Crippen LogP contribution is 2.29. The van der Waals surface area contributed by atoms with E-state index in [1.54, 1.807) is 18.3 Å². The number of hydrogen-bond acceptors (Lipinski definition) is 3. The lowest BCUT2D eigenvalue weighted by molar-refractivity contribution is 0.0697. The van der Waals surface area contributed by atoms with Crippen molar-refractivity contribution in [1.82, 2.24) is 9.55 Å². The van der Waals surface area contributed by atoms with Crippen LogP contribution in [0.2, 0.25) is 5.02 Å². The highest BCUT2D eigenvalue weighted by atomic mass is 35.5. The molecule has 1 aromatic heterocycles. The lowest BCUT2D eigenvalue weighted by Gasteiger charge is -2.04. The summed E-state index contributed by atoms with van der Waals surface area (Å²) < 4.78 is 1.88. The molecule has 0 saturated heterocycles. The van der Waals surface area contributed by atoms with Crippen LogP contribution < -0.4 is 0 Å². The second kappa shape index (κ2) is 4.81. The summed E-state index contributed by atoms with van der Waals surface area (Å²) in [7, 11) is 1.89. The Hall–Kier alpha value is -1.46. The summed E-state index contributed by atoms with van der Waals surface area (Å²) in [5, 5.41) is 9.91. The number of rotatable bonds is 3. The Balaban J connectivity index is 2.27. The van der Waals surface area contributed by atoms with Crippen molar-refractivity contribution in [2.75, 3.05) is 0 Å². The molecule has 0 saturated carbocycles. The fourth-order valence-corrected chi connectivity index (χ4v) is 2.46. The van der Waals surface area contributed by atoms with Gasteiger partial charge in [-0.05, 0) is 18.2 Å². The van der Waals surface area contributed by atoms with Crippen molar-refractivity contribution in [2.45, 2.75) is 10.1 Å². The molecule has 6 heteroatoms. The molecule has 1 N–H and O–H groups in total. The first-order valence-corrected chi connectivity index (χ1v) is 5.95. The van der Waals surface area contributed by atoms with Crippen LogP contribution in [0.25, 0.3) is 0 Å². The van der Waals surface area contributed by atoms with Crippen molar-refractivity contribution in [3.05, 3.63) is 41.2 Å². The van der Waals surface area contributed by atoms with E-state index >= 15 is 0 Å². The molecule has 0 radical (unpaired) electrons. The lowest BCUT2D eigenvalue weighted by atomic mass is 10.2. The van der Waals surface area contributed by atoms with Gasteiger partial charge in [-0.3, -0.25) is 0 Å². The molecule has 17 heavy (non-hydrogen) atoms. The molecule has 0 aliphatic rings. The maximum absolute atomic E-state index is 10.8. The number of nitrogens with zero attached hydrogens (tertiary/aromatic N) is 2. The van der Waals surface area contributed by atoms with Crippen molar-refractivity contribution in [3.8, 4) is 0 Å². The van der Waals surface area contributed by atoms with E-state index in [9.17, 15) is 4.79 Å². The zero-order valence-corrected chi connectivity index (χ0v) is 10.5. The molecule has 0 aliphatic heterocycles. The summed E-state index contributed by atoms with van der Waals surface area (Å²) >= 11 is 7.31. The summed E-state index contributed by atoms with van der Waals surface area (Å²) in [5.74, 6) is -1.02. The van der Waals surface area contributed by atoms with Gasteiger partial charge in [0.05, 0.1) is 10.6 Å². The molecule has 1 aromatic carbocycles. The van der Waals surface area contributed by atoms with Crippen LogP contribution in [0, 0.1) is 0 Å². The number of carboxylic acid groups (broad SMARTS) is 1. The first kappa shape index (κ1) is 12.0. The number of benzene rings is 1. The van der Waals surface area contributed by atoms with Gasteiger partial charge in [0.25, 0.3) is 0 Å². The average Bonchev–Trinajstić information content (AvgIpc) is 2.64. The van der Waals surface area contributed by atoms with Gasteiger partial charge in [0, 0.05) is 24.3 Å². The number of aromatic nitrogens is 2. The molecule has 0 unspecified atom stereocenters. The average molecular weight is 269 g/mol. The number of imidazole rings is 1. The van der Waals surface area contributed by atoms with E-state index in [1.807, 2.05) is 17.8 Å². The Kier molecular flexibility index (Phi) is 3.40. The molecule has 0 fully saturated rings. The first-order chi connectivity index (χ1) is 8.08. The summed E-state index contributed by atoms with van der Waals surface area (Å²) in [5.41, 5.74) is 0.107. The maximum atomic E-state index is 10.8. The second-order valence-electron chi connectivity index (χ2n) is 3.37. The monoisotopic (exact) mass is 268 g/mol. The molecule has 2 aromatic rings. The molecule has 1 heterocycles. The number of aromatic carboxylic acids is 1. The van der Waals surface area contributed by atoms with Crippen molar-refractivity contribution < 1.29 is 9.90 Å². The third kappa shape index (κ3) is 2.62. The molecular weight excluding hydrogens is 260 g/mol. The van der Waals surface area contributed by atoms with Crippen LogP contribution in [0.4, 0.5) is 0 Å². The zero-order valence-electron chi connectivity index (χ0n) is 8.92. The summed E-state index contributed by atoms with van der Waals surface area (Å²) in [6, 6.07) is 4.84. The van der Waals surface area contributed by atoms with E-state index in [2.05, 4.69) is 4.98 Å². The van der Waals surface area contributed by atoms with E-state index in [0.717, 1.165) is 10.1 Å². The molecular formula is C11H9ClN2O2S. The molecule has 4 nitrogen and oxygen atoms in total. The van der Waals surface area contributed by atoms with Gasteiger partial charge in [-0.1, -0.05) is 23.4 Å². The van der Waals surface area contributed by atoms with Crippen LogP contribution in [0.5, 0.6) is 0 Å². The largest absolute Gasteiger partial charge is 0.478 e. The Morgan fingerprint density at radius 1 is 1.53 bits per heavy atom. The van der Waals surface area contributed by atoms with E-state index in [4.69, 9.17) is 16.7 Å². The minimum Gasteiger partial charge on any atom is -0.478 e. The molecule has 88 valence electrons. The Bertz CT molecular complexity index is 568. The standard InChI is InChI=1S/C11H9ClN2O2S/c1-14-5-4-13-11(14)17-7-2-3-8(10(15)16)9(12)6-7/h2-6H,1H3,(H,15,16). The molecule has 0 spiro atoms. The van der Waals surface area contributed by atoms with Crippen LogP contribution in [0.15, 0.2) is 40.6 Å². The fourth-order valence-electron chi connectivity index (χ4n) is 1.29. The number of hydrogen-bond donors (Lipinski definition) is 1. The van der Waals surface area contributed by atoms with Crippen molar-refractivity contribution in [3.63, 3.8) is 0 Å². The smallest absolute Gasteiger partial charge is 0.337 e. The second-order valence-corrected chi connectivity index (χ2v) is 4.82. The number of carboxylic acids is 1. The third-order valence-electron chi connectivity index (χ3n) is 2.16. The normalized spacial score (nSPS) is 10.5. The first-order valence-electron chi connectivity index (χ1n) is 4.76. The third-order valence-corrected chi connectivity index (χ3v) is 3.54. The van der Waals surface area contributed by atoms with Crippen LogP contribution in [0.1, 0.15) is 10.4 Å². The zero-order chi connectivity index (χ0) is 12.4. The van der Waals surface area contributed by atoms with Gasteiger partial charge in [-0.15, -0.1) is 0 Å². The molecule has 0 aliphatic carbocycles. The van der Waals surface area contributed by atoms with Crippen molar-refractivity contribution in [2.24, 2.45) is 7.05 Å². The SMILES string of the molecule is Cn1ccnc1Sc1ccc(C(=O)O)c(Cl)c1. The Morgan fingerprint density at radius 3 is 2.82 bits per heavy atom. The summed E-state index contributed by atoms with van der Waals surface area (Å²) in [6.07, 6.45) is 3.55. The molecule has 0 amide bonds. The number of aryl methyl sites for hydroxylation is 1. The maximum Gasteiger partial charge on any atom is 0.337 e. The molecule has 2 rings (SSSR count). The minimum atomic E-state index is -1.02. The van der Waals surface area contributed by atoms with Gasteiger partial charge in [-0.25, -0.2) is 9.78 Å². The van der Waals surface area contributed by atoms with Gasteiger partial charge >= 0.3 is 5.97 Å². The predicted octanol–water partition coefficient (Wildman–Crippen LogP) is 2.92. The molecule has 0 bridgehead atoms. The number of carbonyl (C=O) groups is 1. The van der Waals surface area contributed by atoms with Gasteiger partial charge in [0.2, 0.25) is 0 Å². The highest BCUT2D eigenvalue weighted by molar-refractivity contribution is 7.99. The summed E-state index contributed by atoms with van der Waals surface area (Å²) in [6.45, 7) is 0. The minimum absolute atomic E-state index is 0.107. The van der Waals surface area contributed by atoms with Gasteiger partial charge in [0.15, 0.2) is 5.16 Å². The van der Waals surface area contributed by atoms with E-state index in [0.29, 0.717) is 0 Å². The van der Waals surface area contributed by atoms with E-state index in [-0.39, 0.29) is 10.6 Å². The van der Waals surface area contributed by atoms with E-state index in [1.165, 1.54) is 17.8 Å². The lowest BCUT2D eigenvalue weighted by Crippen LogP contribution is -1.97. The number of halogens is 1. The van der Waals surface area contributed by atoms with E-state index < -0.39 is 5.97 Å². The Labute approximate surface area is 107 Å². The summed E-state index contributed by atoms with van der Waals surface area (Å²) in [4.78, 5) is 15.8. The van der Waals surface area contributed by atoms with Crippen LogP contribution in [-0.2, 0) is 7.05 Å². The Morgan fingerprint density at radius 2 is 2.29 bits per heavy atom. The van der Waals surface area contributed by atoms with Crippen molar-refractivity contribution >= 4 is 29.3 Å². The highest BCUT2D eigenvalue weighted by Gasteiger charge is 2.10. The topological polar surface area (TPSA) is 55.1 Å². The van der Waals surface area contributed by atoms with Crippen LogP contribution in [-0.4, -0.2) is 20.6 Å². The van der Waals surface area contributed by atoms with Crippen LogP contribution >= 0.6 is 23.4 Å². The van der Waals surface area contributed by atoms with Gasteiger partial charge < -0.3 is 9.67 Å². The quantitative estimate of drug-likeness (QED) is 0.930. The van der Waals surface area contributed by atoms with Gasteiger partial charge in [0.1, 0.15) is 0 Å². The van der Waals surface area contributed by atoms with Gasteiger partial charge in [-0.2, -0.15) is 0 Å².